The fourth-order valence-corrected chi connectivity index (χ4v) is 4.23. The number of aryl methyl sites for hydroxylation is 2. The molecule has 8 heteroatoms. The summed E-state index contributed by atoms with van der Waals surface area (Å²) < 4.78 is 7.50. The monoisotopic (exact) mass is 455 g/mol. The summed E-state index contributed by atoms with van der Waals surface area (Å²) in [5.74, 6) is 2.43. The van der Waals surface area contributed by atoms with Gasteiger partial charge < -0.3 is 9.63 Å². The molecule has 7 nitrogen and oxygen atoms in total. The highest BCUT2D eigenvalue weighted by Gasteiger charge is 2.19. The first kappa shape index (κ1) is 21.0. The van der Waals surface area contributed by atoms with Crippen LogP contribution in [0.25, 0.3) is 28.5 Å². The predicted molar refractivity (Wildman–Crippen MR) is 127 cm³/mol. The highest BCUT2D eigenvalue weighted by molar-refractivity contribution is 7.98. The molecule has 5 rings (SSSR count). The fourth-order valence-electron chi connectivity index (χ4n) is 3.45. The number of hydrogen-bond donors (Lipinski definition) is 1. The van der Waals surface area contributed by atoms with Gasteiger partial charge in [-0.1, -0.05) is 64.9 Å². The SMILES string of the molecule is Cc1ccc(-c2noc(CSc3nnc(-c4ccc(O)cc4)n3-c3ccccc3C)n2)cc1. The van der Waals surface area contributed by atoms with E-state index in [0.717, 1.165) is 22.4 Å². The summed E-state index contributed by atoms with van der Waals surface area (Å²) in [5, 5.41) is 23.4. The minimum Gasteiger partial charge on any atom is -0.508 e. The number of thioether (sulfide) groups is 1. The van der Waals surface area contributed by atoms with Crippen LogP contribution in [0.2, 0.25) is 0 Å². The van der Waals surface area contributed by atoms with Crippen molar-refractivity contribution in [3.8, 4) is 34.2 Å². The van der Waals surface area contributed by atoms with E-state index < -0.39 is 0 Å². The Morgan fingerprint density at radius 3 is 2.36 bits per heavy atom. The Morgan fingerprint density at radius 1 is 0.879 bits per heavy atom. The molecule has 0 aliphatic carbocycles. The molecule has 2 aromatic heterocycles. The van der Waals surface area contributed by atoms with Gasteiger partial charge in [0.2, 0.25) is 11.7 Å². The number of aromatic hydroxyl groups is 1. The minimum atomic E-state index is 0.205. The molecule has 0 aliphatic rings. The zero-order valence-electron chi connectivity index (χ0n) is 18.1. The molecule has 3 aromatic carbocycles. The van der Waals surface area contributed by atoms with Crippen LogP contribution < -0.4 is 0 Å². The van der Waals surface area contributed by atoms with Crippen molar-refractivity contribution in [2.24, 2.45) is 0 Å². The number of benzene rings is 3. The number of hydrogen-bond acceptors (Lipinski definition) is 7. The van der Waals surface area contributed by atoms with E-state index in [9.17, 15) is 5.11 Å². The largest absolute Gasteiger partial charge is 0.508 e. The van der Waals surface area contributed by atoms with Gasteiger partial charge in [0.15, 0.2) is 11.0 Å². The molecule has 33 heavy (non-hydrogen) atoms. The van der Waals surface area contributed by atoms with Gasteiger partial charge in [-0.25, -0.2) is 0 Å². The number of para-hydroxylation sites is 1. The van der Waals surface area contributed by atoms with Crippen molar-refractivity contribution >= 4 is 11.8 Å². The second kappa shape index (κ2) is 8.91. The molecule has 0 saturated heterocycles. The Balaban J connectivity index is 1.46. The maximum atomic E-state index is 9.68. The van der Waals surface area contributed by atoms with E-state index in [1.807, 2.05) is 66.1 Å². The molecule has 0 aliphatic heterocycles. The van der Waals surface area contributed by atoms with Crippen LogP contribution in [0.3, 0.4) is 0 Å². The third kappa shape index (κ3) is 4.38. The Morgan fingerprint density at radius 2 is 1.61 bits per heavy atom. The van der Waals surface area contributed by atoms with Gasteiger partial charge in [-0.15, -0.1) is 10.2 Å². The van der Waals surface area contributed by atoms with Crippen molar-refractivity contribution in [3.63, 3.8) is 0 Å². The summed E-state index contributed by atoms with van der Waals surface area (Å²) >= 11 is 1.48. The Labute approximate surface area is 195 Å². The van der Waals surface area contributed by atoms with Crippen LogP contribution in [0.4, 0.5) is 0 Å². The molecule has 0 radical (unpaired) electrons. The van der Waals surface area contributed by atoms with Gasteiger partial charge in [-0.3, -0.25) is 4.57 Å². The lowest BCUT2D eigenvalue weighted by Crippen LogP contribution is -2.02. The molecule has 0 amide bonds. The molecule has 164 valence electrons. The number of phenols is 1. The molecule has 0 saturated carbocycles. The van der Waals surface area contributed by atoms with Crippen molar-refractivity contribution in [2.45, 2.75) is 24.8 Å². The quantitative estimate of drug-likeness (QED) is 0.333. The summed E-state index contributed by atoms with van der Waals surface area (Å²) in [6.45, 7) is 4.09. The average Bonchev–Trinajstić information content (AvgIpc) is 3.46. The molecule has 0 fully saturated rings. The highest BCUT2D eigenvalue weighted by Crippen LogP contribution is 2.31. The summed E-state index contributed by atoms with van der Waals surface area (Å²) in [7, 11) is 0. The summed E-state index contributed by atoms with van der Waals surface area (Å²) in [4.78, 5) is 4.54. The van der Waals surface area contributed by atoms with E-state index in [1.54, 1.807) is 12.1 Å². The normalized spacial score (nSPS) is 11.1. The minimum absolute atomic E-state index is 0.205. The lowest BCUT2D eigenvalue weighted by molar-refractivity contribution is 0.391. The van der Waals surface area contributed by atoms with Crippen LogP contribution in [-0.2, 0) is 5.75 Å². The second-order valence-electron chi connectivity index (χ2n) is 7.64. The van der Waals surface area contributed by atoms with Crippen molar-refractivity contribution in [1.29, 1.82) is 0 Å². The third-order valence-electron chi connectivity index (χ3n) is 5.22. The Kier molecular flexibility index (Phi) is 5.66. The highest BCUT2D eigenvalue weighted by atomic mass is 32.2. The van der Waals surface area contributed by atoms with E-state index in [1.165, 1.54) is 17.3 Å². The van der Waals surface area contributed by atoms with Crippen LogP contribution in [0, 0.1) is 13.8 Å². The fraction of sp³-hybridized carbons (Fsp3) is 0.120. The molecule has 0 bridgehead atoms. The molecule has 2 heterocycles. The van der Waals surface area contributed by atoms with Crippen LogP contribution in [0.1, 0.15) is 17.0 Å². The summed E-state index contributed by atoms with van der Waals surface area (Å²) in [6.07, 6.45) is 0. The van der Waals surface area contributed by atoms with Crippen LogP contribution in [-0.4, -0.2) is 30.0 Å². The maximum absolute atomic E-state index is 9.68. The predicted octanol–water partition coefficient (Wildman–Crippen LogP) is 5.60. The first-order valence-electron chi connectivity index (χ1n) is 10.4. The smallest absolute Gasteiger partial charge is 0.237 e. The summed E-state index contributed by atoms with van der Waals surface area (Å²) in [5.41, 5.74) is 5.03. The molecule has 1 N–H and O–H groups in total. The maximum Gasteiger partial charge on any atom is 0.237 e. The van der Waals surface area contributed by atoms with Gasteiger partial charge in [0.25, 0.3) is 0 Å². The zero-order chi connectivity index (χ0) is 22.8. The van der Waals surface area contributed by atoms with Crippen molar-refractivity contribution in [1.82, 2.24) is 24.9 Å². The Bertz CT molecular complexity index is 1390. The van der Waals surface area contributed by atoms with Gasteiger partial charge in [-0.05, 0) is 49.7 Å². The Hall–Kier alpha value is -3.91. The van der Waals surface area contributed by atoms with Crippen LogP contribution in [0.15, 0.2) is 82.5 Å². The van der Waals surface area contributed by atoms with Crippen LogP contribution >= 0.6 is 11.8 Å². The standard InChI is InChI=1S/C25H21N5O2S/c1-16-7-9-18(10-8-16)23-26-22(32-29-23)15-33-25-28-27-24(19-11-13-20(31)14-12-19)30(25)21-6-4-3-5-17(21)2/h3-14,31H,15H2,1-2H3. The zero-order valence-corrected chi connectivity index (χ0v) is 19.0. The molecule has 0 spiro atoms. The lowest BCUT2D eigenvalue weighted by atomic mass is 10.1. The lowest BCUT2D eigenvalue weighted by Gasteiger charge is -2.12. The molecular weight excluding hydrogens is 434 g/mol. The van der Waals surface area contributed by atoms with E-state index >= 15 is 0 Å². The number of aromatic nitrogens is 5. The number of rotatable bonds is 6. The first-order valence-corrected chi connectivity index (χ1v) is 11.4. The van der Waals surface area contributed by atoms with Gasteiger partial charge in [0, 0.05) is 11.1 Å². The van der Waals surface area contributed by atoms with Gasteiger partial charge in [0.05, 0.1) is 11.4 Å². The molecule has 5 aromatic rings. The third-order valence-corrected chi connectivity index (χ3v) is 6.13. The molecule has 0 atom stereocenters. The molecular formula is C25H21N5O2S. The van der Waals surface area contributed by atoms with Gasteiger partial charge >= 0.3 is 0 Å². The number of phenolic OH excluding ortho intramolecular Hbond substituents is 1. The molecule has 0 unspecified atom stereocenters. The van der Waals surface area contributed by atoms with E-state index in [0.29, 0.717) is 28.4 Å². The van der Waals surface area contributed by atoms with Crippen molar-refractivity contribution in [2.75, 3.05) is 0 Å². The van der Waals surface area contributed by atoms with E-state index in [-0.39, 0.29) is 5.75 Å². The second-order valence-corrected chi connectivity index (χ2v) is 8.58. The van der Waals surface area contributed by atoms with Gasteiger partial charge in [0.1, 0.15) is 5.75 Å². The number of nitrogens with zero attached hydrogens (tertiary/aromatic N) is 5. The summed E-state index contributed by atoms with van der Waals surface area (Å²) in [6, 6.07) is 23.0. The van der Waals surface area contributed by atoms with Crippen molar-refractivity contribution in [3.05, 3.63) is 89.8 Å². The topological polar surface area (TPSA) is 89.9 Å². The van der Waals surface area contributed by atoms with Crippen molar-refractivity contribution < 1.29 is 9.63 Å². The van der Waals surface area contributed by atoms with Gasteiger partial charge in [-0.2, -0.15) is 4.98 Å². The van der Waals surface area contributed by atoms with Crippen LogP contribution in [0.5, 0.6) is 5.75 Å². The van der Waals surface area contributed by atoms with E-state index in [2.05, 4.69) is 33.3 Å². The van der Waals surface area contributed by atoms with E-state index in [4.69, 9.17) is 4.52 Å². The average molecular weight is 456 g/mol. The first-order chi connectivity index (χ1) is 16.1.